The van der Waals surface area contributed by atoms with E-state index < -0.39 is 29.5 Å². The third kappa shape index (κ3) is 4.58. The molecule has 2 fully saturated rings. The van der Waals surface area contributed by atoms with Crippen molar-refractivity contribution in [3.8, 4) is 0 Å². The third-order valence-electron chi connectivity index (χ3n) is 4.92. The fourth-order valence-electron chi connectivity index (χ4n) is 3.66. The van der Waals surface area contributed by atoms with E-state index in [1.807, 2.05) is 0 Å². The van der Waals surface area contributed by atoms with Crippen molar-refractivity contribution in [2.75, 3.05) is 13.2 Å². The highest BCUT2D eigenvalue weighted by molar-refractivity contribution is 8.00. The van der Waals surface area contributed by atoms with E-state index in [2.05, 4.69) is 5.32 Å². The van der Waals surface area contributed by atoms with Crippen LogP contribution in [0, 0.1) is 5.92 Å². The van der Waals surface area contributed by atoms with Crippen molar-refractivity contribution >= 4 is 17.7 Å². The van der Waals surface area contributed by atoms with Crippen molar-refractivity contribution in [3.05, 3.63) is 0 Å². The highest BCUT2D eigenvalue weighted by Crippen LogP contribution is 2.41. The summed E-state index contributed by atoms with van der Waals surface area (Å²) < 4.78 is 0. The monoisotopic (exact) mass is 349 g/mol. The van der Waals surface area contributed by atoms with Crippen LogP contribution in [0.3, 0.4) is 0 Å². The van der Waals surface area contributed by atoms with E-state index in [1.54, 1.807) is 0 Å². The quantitative estimate of drug-likeness (QED) is 0.366. The Hall–Kier alpha value is -0.380. The Labute approximate surface area is 140 Å². The van der Waals surface area contributed by atoms with Gasteiger partial charge in [0.1, 0.15) is 6.10 Å². The molecule has 0 aromatic carbocycles. The van der Waals surface area contributed by atoms with E-state index in [9.17, 15) is 25.2 Å². The number of carboxylic acids is 1. The number of aliphatic hydroxyl groups excluding tert-OH is 4. The standard InChI is InChI=1S/C15H27NO6S/c17-7-10-12(20)13(21)14(22)15(23-10)8-3-1-2-4-9(8)16-6-5-11(18)19/h8-10,12-17,20-22H,1-7H2,(H,18,19)/t8?,9?,10-,12+,13+,14-,15+/m1/s1. The largest absolute Gasteiger partial charge is 0.481 e. The third-order valence-corrected chi connectivity index (χ3v) is 6.64. The molecule has 7 atom stereocenters. The summed E-state index contributed by atoms with van der Waals surface area (Å²) in [5.41, 5.74) is 0. The van der Waals surface area contributed by atoms with Crippen LogP contribution in [0.2, 0.25) is 0 Å². The lowest BCUT2D eigenvalue weighted by Crippen LogP contribution is -2.58. The van der Waals surface area contributed by atoms with Gasteiger partial charge in [0.05, 0.1) is 30.5 Å². The Bertz CT molecular complexity index is 396. The fourth-order valence-corrected chi connectivity index (χ4v) is 5.32. The predicted molar refractivity (Wildman–Crippen MR) is 86.3 cm³/mol. The maximum Gasteiger partial charge on any atom is 0.304 e. The summed E-state index contributed by atoms with van der Waals surface area (Å²) in [6.45, 7) is 0.120. The van der Waals surface area contributed by atoms with Crippen LogP contribution in [-0.4, -0.2) is 79.5 Å². The summed E-state index contributed by atoms with van der Waals surface area (Å²) in [4.78, 5) is 10.7. The molecule has 0 amide bonds. The minimum Gasteiger partial charge on any atom is -0.481 e. The molecular formula is C15H27NO6S. The first kappa shape index (κ1) is 19.0. The molecule has 1 aliphatic carbocycles. The van der Waals surface area contributed by atoms with E-state index in [0.29, 0.717) is 6.54 Å². The number of aliphatic hydroxyl groups is 4. The molecule has 0 radical (unpaired) electrons. The smallest absolute Gasteiger partial charge is 0.304 e. The van der Waals surface area contributed by atoms with E-state index in [4.69, 9.17) is 5.11 Å². The molecular weight excluding hydrogens is 322 g/mol. The van der Waals surface area contributed by atoms with Crippen LogP contribution in [0.4, 0.5) is 0 Å². The number of carbonyl (C=O) groups is 1. The van der Waals surface area contributed by atoms with Gasteiger partial charge in [-0.05, 0) is 18.8 Å². The molecule has 1 saturated carbocycles. The number of thioether (sulfide) groups is 1. The van der Waals surface area contributed by atoms with E-state index >= 15 is 0 Å². The average Bonchev–Trinajstić information content (AvgIpc) is 2.53. The van der Waals surface area contributed by atoms with Crippen LogP contribution >= 0.6 is 11.8 Å². The number of aliphatic carboxylic acids is 1. The van der Waals surface area contributed by atoms with Crippen molar-refractivity contribution in [3.63, 3.8) is 0 Å². The number of hydrogen-bond donors (Lipinski definition) is 6. The fraction of sp³-hybridized carbons (Fsp3) is 0.933. The summed E-state index contributed by atoms with van der Waals surface area (Å²) >= 11 is 1.34. The van der Waals surface area contributed by atoms with Gasteiger partial charge in [0.15, 0.2) is 0 Å². The first-order valence-corrected chi connectivity index (χ1v) is 9.15. The molecule has 1 heterocycles. The van der Waals surface area contributed by atoms with Crippen LogP contribution in [0.25, 0.3) is 0 Å². The van der Waals surface area contributed by atoms with Crippen LogP contribution in [-0.2, 0) is 4.79 Å². The molecule has 0 bridgehead atoms. The Balaban J connectivity index is 2.04. The van der Waals surface area contributed by atoms with Crippen LogP contribution < -0.4 is 5.32 Å². The molecule has 2 aliphatic rings. The molecule has 23 heavy (non-hydrogen) atoms. The molecule has 6 N–H and O–H groups in total. The average molecular weight is 349 g/mol. The summed E-state index contributed by atoms with van der Waals surface area (Å²) in [6.07, 6.45) is 0.432. The molecule has 2 rings (SSSR count). The number of rotatable bonds is 6. The van der Waals surface area contributed by atoms with Crippen LogP contribution in [0.1, 0.15) is 32.1 Å². The second kappa shape index (κ2) is 8.64. The maximum absolute atomic E-state index is 10.7. The zero-order valence-electron chi connectivity index (χ0n) is 13.0. The Morgan fingerprint density at radius 2 is 1.78 bits per heavy atom. The maximum atomic E-state index is 10.7. The van der Waals surface area contributed by atoms with Crippen molar-refractivity contribution in [2.24, 2.45) is 5.92 Å². The van der Waals surface area contributed by atoms with Crippen LogP contribution in [0.5, 0.6) is 0 Å². The highest BCUT2D eigenvalue weighted by Gasteiger charge is 2.47. The van der Waals surface area contributed by atoms with E-state index in [1.165, 1.54) is 11.8 Å². The summed E-state index contributed by atoms with van der Waals surface area (Å²) in [5.74, 6) is -0.774. The lowest BCUT2D eigenvalue weighted by molar-refractivity contribution is -0.136. The summed E-state index contributed by atoms with van der Waals surface area (Å²) in [6, 6.07) is 0.0806. The van der Waals surface area contributed by atoms with Gasteiger partial charge in [0.25, 0.3) is 0 Å². The van der Waals surface area contributed by atoms with Gasteiger partial charge in [-0.2, -0.15) is 0 Å². The molecule has 8 heteroatoms. The second-order valence-corrected chi connectivity index (χ2v) is 7.87. The molecule has 1 aliphatic heterocycles. The Morgan fingerprint density at radius 1 is 1.09 bits per heavy atom. The van der Waals surface area contributed by atoms with Gasteiger partial charge in [-0.25, -0.2) is 0 Å². The zero-order valence-corrected chi connectivity index (χ0v) is 13.9. The molecule has 134 valence electrons. The van der Waals surface area contributed by atoms with Gasteiger partial charge in [-0.3, -0.25) is 4.79 Å². The zero-order chi connectivity index (χ0) is 17.0. The molecule has 2 unspecified atom stereocenters. The predicted octanol–water partition coefficient (Wildman–Crippen LogP) is -0.831. The molecule has 0 aromatic rings. The summed E-state index contributed by atoms with van der Waals surface area (Å²) in [7, 11) is 0. The van der Waals surface area contributed by atoms with Gasteiger partial charge in [-0.15, -0.1) is 11.8 Å². The molecule has 7 nitrogen and oxygen atoms in total. The number of hydrogen-bond acceptors (Lipinski definition) is 7. The van der Waals surface area contributed by atoms with E-state index in [-0.39, 0.29) is 30.2 Å². The normalized spacial score (nSPS) is 41.7. The van der Waals surface area contributed by atoms with Gasteiger partial charge >= 0.3 is 5.97 Å². The Morgan fingerprint density at radius 3 is 2.43 bits per heavy atom. The topological polar surface area (TPSA) is 130 Å². The highest BCUT2D eigenvalue weighted by atomic mass is 32.2. The summed E-state index contributed by atoms with van der Waals surface area (Å²) in [5, 5.41) is 51.0. The van der Waals surface area contributed by atoms with Crippen molar-refractivity contribution < 1.29 is 30.3 Å². The minimum atomic E-state index is -1.26. The SMILES string of the molecule is O=C(O)CCNC1CCCCC1[C@@H]1S[C@H](CO)[C@H](O)[C@H](O)[C@H]1O. The number of carboxylic acid groups (broad SMARTS) is 1. The second-order valence-electron chi connectivity index (χ2n) is 6.45. The lowest BCUT2D eigenvalue weighted by atomic mass is 9.79. The Kier molecular flexibility index (Phi) is 7.12. The van der Waals surface area contributed by atoms with Gasteiger partial charge in [-0.1, -0.05) is 12.8 Å². The minimum absolute atomic E-state index is 0.0458. The van der Waals surface area contributed by atoms with Gasteiger partial charge in [0, 0.05) is 17.8 Å². The number of nitrogens with one attached hydrogen (secondary N) is 1. The molecule has 0 aromatic heterocycles. The first-order valence-electron chi connectivity index (χ1n) is 8.21. The lowest BCUT2D eigenvalue weighted by Gasteiger charge is -2.46. The first-order chi connectivity index (χ1) is 11.0. The molecule has 1 saturated heterocycles. The van der Waals surface area contributed by atoms with Crippen LogP contribution in [0.15, 0.2) is 0 Å². The van der Waals surface area contributed by atoms with Gasteiger partial charge in [0.2, 0.25) is 0 Å². The van der Waals surface area contributed by atoms with Crippen molar-refractivity contribution in [2.45, 2.75) is 67.0 Å². The van der Waals surface area contributed by atoms with E-state index in [0.717, 1.165) is 25.7 Å². The van der Waals surface area contributed by atoms with Crippen molar-refractivity contribution in [1.29, 1.82) is 0 Å². The molecule has 0 spiro atoms. The van der Waals surface area contributed by atoms with Crippen molar-refractivity contribution in [1.82, 2.24) is 5.32 Å². The van der Waals surface area contributed by atoms with Gasteiger partial charge < -0.3 is 30.8 Å².